The van der Waals surface area contributed by atoms with Crippen molar-refractivity contribution < 1.29 is 22.7 Å². The lowest BCUT2D eigenvalue weighted by Gasteiger charge is -2.25. The maximum absolute atomic E-state index is 12.5. The zero-order chi connectivity index (χ0) is 18.3. The molecule has 1 aromatic heterocycles. The molecule has 1 aliphatic heterocycles. The van der Waals surface area contributed by atoms with Gasteiger partial charge in [0.1, 0.15) is 4.90 Å². The van der Waals surface area contributed by atoms with Crippen molar-refractivity contribution in [3.8, 4) is 0 Å². The van der Waals surface area contributed by atoms with Gasteiger partial charge >= 0.3 is 0 Å². The second-order valence-electron chi connectivity index (χ2n) is 5.56. The number of carbonyl (C=O) groups excluding carboxylic acids is 1. The van der Waals surface area contributed by atoms with Crippen LogP contribution in [-0.4, -0.2) is 75.4 Å². The Labute approximate surface area is 152 Å². The first kappa shape index (κ1) is 20.1. The van der Waals surface area contributed by atoms with E-state index in [2.05, 4.69) is 10.3 Å². The highest BCUT2D eigenvalue weighted by Crippen LogP contribution is 2.20. The van der Waals surface area contributed by atoms with Crippen LogP contribution in [0.3, 0.4) is 0 Å². The first-order valence-corrected chi connectivity index (χ1v) is 10.3. The van der Waals surface area contributed by atoms with E-state index in [1.807, 2.05) is 6.92 Å². The van der Waals surface area contributed by atoms with Gasteiger partial charge in [0.2, 0.25) is 15.9 Å². The molecule has 10 heteroatoms. The van der Waals surface area contributed by atoms with Gasteiger partial charge in [0, 0.05) is 32.4 Å². The van der Waals surface area contributed by atoms with Gasteiger partial charge in [0.15, 0.2) is 0 Å². The van der Waals surface area contributed by atoms with E-state index < -0.39 is 10.0 Å². The number of nitrogens with zero attached hydrogens (tertiary/aromatic N) is 2. The topological polar surface area (TPSA) is 97.8 Å². The molecule has 8 nitrogen and oxygen atoms in total. The van der Waals surface area contributed by atoms with E-state index >= 15 is 0 Å². The summed E-state index contributed by atoms with van der Waals surface area (Å²) < 4.78 is 36.5. The minimum atomic E-state index is -3.54. The second-order valence-corrected chi connectivity index (χ2v) is 8.49. The Bertz CT molecular complexity index is 660. The van der Waals surface area contributed by atoms with E-state index in [0.29, 0.717) is 37.9 Å². The van der Waals surface area contributed by atoms with E-state index in [0.717, 1.165) is 0 Å². The van der Waals surface area contributed by atoms with Crippen LogP contribution < -0.4 is 5.32 Å². The van der Waals surface area contributed by atoms with Crippen LogP contribution in [0.25, 0.3) is 0 Å². The number of methoxy groups -OCH3 is 1. The first-order valence-electron chi connectivity index (χ1n) is 7.88. The minimum Gasteiger partial charge on any atom is -0.383 e. The molecule has 0 spiro atoms. The van der Waals surface area contributed by atoms with Gasteiger partial charge in [-0.1, -0.05) is 11.8 Å². The van der Waals surface area contributed by atoms with E-state index in [1.54, 1.807) is 13.2 Å². The van der Waals surface area contributed by atoms with Gasteiger partial charge in [-0.05, 0) is 19.1 Å². The van der Waals surface area contributed by atoms with Crippen LogP contribution >= 0.6 is 11.8 Å². The van der Waals surface area contributed by atoms with E-state index in [1.165, 1.54) is 28.3 Å². The standard InChI is InChI=1S/C15H23N3O5S2/c1-12(10-22-2)17-14(19)11-24-15-4-3-13(9-16-15)25(20,21)18-5-7-23-8-6-18/h3-4,9,12H,5-8,10-11H2,1-2H3,(H,17,19)/t12-/m1/s1. The van der Waals surface area contributed by atoms with Crippen molar-refractivity contribution in [3.05, 3.63) is 18.3 Å². The van der Waals surface area contributed by atoms with E-state index in [4.69, 9.17) is 9.47 Å². The van der Waals surface area contributed by atoms with Crippen molar-refractivity contribution in [2.45, 2.75) is 22.9 Å². The van der Waals surface area contributed by atoms with Gasteiger partial charge in [-0.3, -0.25) is 4.79 Å². The maximum atomic E-state index is 12.5. The van der Waals surface area contributed by atoms with Crippen LogP contribution in [0.4, 0.5) is 0 Å². The lowest BCUT2D eigenvalue weighted by molar-refractivity contribution is -0.119. The lowest BCUT2D eigenvalue weighted by Crippen LogP contribution is -2.40. The van der Waals surface area contributed by atoms with Gasteiger partial charge in [-0.15, -0.1) is 0 Å². The number of sulfonamides is 1. The summed E-state index contributed by atoms with van der Waals surface area (Å²) in [5, 5.41) is 3.40. The Hall–Kier alpha value is -1.20. The molecule has 1 atom stereocenters. The molecule has 0 bridgehead atoms. The number of hydrogen-bond acceptors (Lipinski definition) is 7. The summed E-state index contributed by atoms with van der Waals surface area (Å²) >= 11 is 1.25. The van der Waals surface area contributed by atoms with Crippen LogP contribution in [0.15, 0.2) is 28.3 Å². The molecular formula is C15H23N3O5S2. The molecule has 0 saturated carbocycles. The predicted octanol–water partition coefficient (Wildman–Crippen LogP) is 0.346. The quantitative estimate of drug-likeness (QED) is 0.641. The van der Waals surface area contributed by atoms with Crippen molar-refractivity contribution in [1.29, 1.82) is 0 Å². The fraction of sp³-hybridized carbons (Fsp3) is 0.600. The van der Waals surface area contributed by atoms with Crippen LogP contribution in [0.1, 0.15) is 6.92 Å². The van der Waals surface area contributed by atoms with Crippen LogP contribution in [0.2, 0.25) is 0 Å². The highest BCUT2D eigenvalue weighted by atomic mass is 32.2. The zero-order valence-electron chi connectivity index (χ0n) is 14.3. The molecule has 0 aliphatic carbocycles. The third kappa shape index (κ3) is 5.93. The molecule has 1 fully saturated rings. The summed E-state index contributed by atoms with van der Waals surface area (Å²) in [5.41, 5.74) is 0. The number of rotatable bonds is 8. The molecule has 1 saturated heterocycles. The average Bonchev–Trinajstić information content (AvgIpc) is 2.61. The average molecular weight is 389 g/mol. The summed E-state index contributed by atoms with van der Waals surface area (Å²) in [6.07, 6.45) is 1.33. The van der Waals surface area contributed by atoms with Crippen molar-refractivity contribution >= 4 is 27.7 Å². The third-order valence-electron chi connectivity index (χ3n) is 3.49. The molecule has 0 aromatic carbocycles. The Morgan fingerprint density at radius 2 is 2.16 bits per heavy atom. The Kier molecular flexibility index (Phi) is 7.63. The van der Waals surface area contributed by atoms with Gasteiger partial charge in [-0.2, -0.15) is 4.31 Å². The largest absolute Gasteiger partial charge is 0.383 e. The third-order valence-corrected chi connectivity index (χ3v) is 6.32. The number of thioether (sulfide) groups is 1. The molecule has 1 N–H and O–H groups in total. The van der Waals surface area contributed by atoms with Gasteiger partial charge in [0.05, 0.1) is 30.6 Å². The summed E-state index contributed by atoms with van der Waals surface area (Å²) in [5.74, 6) is 0.0812. The van der Waals surface area contributed by atoms with Crippen molar-refractivity contribution in [3.63, 3.8) is 0 Å². The van der Waals surface area contributed by atoms with Gasteiger partial charge in [-0.25, -0.2) is 13.4 Å². The second kappa shape index (κ2) is 9.48. The molecule has 140 valence electrons. The van der Waals surface area contributed by atoms with Crippen molar-refractivity contribution in [1.82, 2.24) is 14.6 Å². The lowest BCUT2D eigenvalue weighted by atomic mass is 10.3. The van der Waals surface area contributed by atoms with Crippen LogP contribution in [-0.2, 0) is 24.3 Å². The Balaban J connectivity index is 1.90. The molecule has 2 heterocycles. The van der Waals surface area contributed by atoms with Crippen molar-refractivity contribution in [2.24, 2.45) is 0 Å². The highest BCUT2D eigenvalue weighted by Gasteiger charge is 2.26. The van der Waals surface area contributed by atoms with Crippen LogP contribution in [0.5, 0.6) is 0 Å². The summed E-state index contributed by atoms with van der Waals surface area (Å²) in [7, 11) is -1.97. The van der Waals surface area contributed by atoms with E-state index in [-0.39, 0.29) is 22.6 Å². The monoisotopic (exact) mass is 389 g/mol. The number of morpholine rings is 1. The fourth-order valence-corrected chi connectivity index (χ4v) is 4.30. The summed E-state index contributed by atoms with van der Waals surface area (Å²) in [6, 6.07) is 3.07. The summed E-state index contributed by atoms with van der Waals surface area (Å²) in [4.78, 5) is 16.1. The Morgan fingerprint density at radius 1 is 1.44 bits per heavy atom. The maximum Gasteiger partial charge on any atom is 0.244 e. The normalized spacial score (nSPS) is 17.2. The summed E-state index contributed by atoms with van der Waals surface area (Å²) in [6.45, 7) is 3.80. The molecule has 1 aliphatic rings. The molecule has 25 heavy (non-hydrogen) atoms. The predicted molar refractivity (Wildman–Crippen MR) is 94.0 cm³/mol. The Morgan fingerprint density at radius 3 is 2.76 bits per heavy atom. The number of pyridine rings is 1. The number of amides is 1. The number of aromatic nitrogens is 1. The number of nitrogens with one attached hydrogen (secondary N) is 1. The molecule has 2 rings (SSSR count). The van der Waals surface area contributed by atoms with E-state index in [9.17, 15) is 13.2 Å². The molecular weight excluding hydrogens is 366 g/mol. The molecule has 1 aromatic rings. The number of carbonyl (C=O) groups is 1. The molecule has 0 radical (unpaired) electrons. The number of ether oxygens (including phenoxy) is 2. The minimum absolute atomic E-state index is 0.0629. The zero-order valence-corrected chi connectivity index (χ0v) is 15.9. The van der Waals surface area contributed by atoms with Crippen molar-refractivity contribution in [2.75, 3.05) is 45.8 Å². The van der Waals surface area contributed by atoms with Gasteiger partial charge in [0.25, 0.3) is 0 Å². The highest BCUT2D eigenvalue weighted by molar-refractivity contribution is 7.99. The van der Waals surface area contributed by atoms with Gasteiger partial charge < -0.3 is 14.8 Å². The SMILES string of the molecule is COC[C@@H](C)NC(=O)CSc1ccc(S(=O)(=O)N2CCOCC2)cn1. The number of hydrogen-bond donors (Lipinski definition) is 1. The fourth-order valence-electron chi connectivity index (χ4n) is 2.29. The molecule has 1 amide bonds. The molecule has 0 unspecified atom stereocenters. The smallest absolute Gasteiger partial charge is 0.244 e. The van der Waals surface area contributed by atoms with Crippen LogP contribution in [0, 0.1) is 0 Å². The first-order chi connectivity index (χ1) is 11.9.